The minimum Gasteiger partial charge on any atom is -0.481 e. The Kier molecular flexibility index (Phi) is 2.31. The Hall–Kier alpha value is -1.46. The van der Waals surface area contributed by atoms with Crippen LogP contribution in [0.1, 0.15) is 19.7 Å². The number of aliphatic carboxylic acids is 1. The van der Waals surface area contributed by atoms with Gasteiger partial charge in [-0.2, -0.15) is 4.80 Å². The molecule has 0 aliphatic heterocycles. The van der Waals surface area contributed by atoms with Crippen molar-refractivity contribution < 1.29 is 9.90 Å². The van der Waals surface area contributed by atoms with E-state index in [0.29, 0.717) is 5.82 Å². The van der Waals surface area contributed by atoms with Gasteiger partial charge in [-0.1, -0.05) is 0 Å². The van der Waals surface area contributed by atoms with Crippen LogP contribution < -0.4 is 0 Å². The van der Waals surface area contributed by atoms with Crippen molar-refractivity contribution in [2.45, 2.75) is 20.3 Å². The first kappa shape index (κ1) is 9.63. The predicted molar refractivity (Wildman–Crippen MR) is 43.9 cm³/mol. The van der Waals surface area contributed by atoms with E-state index in [4.69, 9.17) is 5.11 Å². The summed E-state index contributed by atoms with van der Waals surface area (Å²) in [6.45, 7) is 3.26. The van der Waals surface area contributed by atoms with E-state index >= 15 is 0 Å². The van der Waals surface area contributed by atoms with Gasteiger partial charge in [0.25, 0.3) is 0 Å². The van der Waals surface area contributed by atoms with Crippen LogP contribution >= 0.6 is 0 Å². The van der Waals surface area contributed by atoms with Crippen molar-refractivity contribution in [2.75, 3.05) is 0 Å². The summed E-state index contributed by atoms with van der Waals surface area (Å²) in [6, 6.07) is 0. The lowest BCUT2D eigenvalue weighted by Gasteiger charge is -2.15. The van der Waals surface area contributed by atoms with Crippen LogP contribution in [-0.2, 0) is 18.3 Å². The van der Waals surface area contributed by atoms with Crippen LogP contribution in [0.2, 0.25) is 0 Å². The number of nitrogens with zero attached hydrogens (tertiary/aromatic N) is 4. The van der Waals surface area contributed by atoms with Crippen molar-refractivity contribution in [3.63, 3.8) is 0 Å². The molecule has 0 atom stereocenters. The number of aromatic nitrogens is 4. The highest BCUT2D eigenvalue weighted by molar-refractivity contribution is 5.73. The Bertz CT molecular complexity index is 318. The SMILES string of the molecule is Cn1nnc(CC(C)(C)C(=O)O)n1. The van der Waals surface area contributed by atoms with Gasteiger partial charge in [-0.05, 0) is 19.1 Å². The van der Waals surface area contributed by atoms with Gasteiger partial charge < -0.3 is 5.11 Å². The monoisotopic (exact) mass is 184 g/mol. The van der Waals surface area contributed by atoms with Gasteiger partial charge in [0.1, 0.15) is 0 Å². The molecule has 1 aromatic rings. The molecule has 1 aromatic heterocycles. The fraction of sp³-hybridized carbons (Fsp3) is 0.714. The molecule has 0 unspecified atom stereocenters. The average molecular weight is 184 g/mol. The van der Waals surface area contributed by atoms with Crippen LogP contribution in [-0.4, -0.2) is 31.3 Å². The number of aryl methyl sites for hydroxylation is 1. The van der Waals surface area contributed by atoms with E-state index in [9.17, 15) is 4.79 Å². The summed E-state index contributed by atoms with van der Waals surface area (Å²) in [7, 11) is 1.64. The van der Waals surface area contributed by atoms with Crippen molar-refractivity contribution in [3.05, 3.63) is 5.82 Å². The van der Waals surface area contributed by atoms with Gasteiger partial charge in [0.05, 0.1) is 12.5 Å². The normalized spacial score (nSPS) is 11.6. The van der Waals surface area contributed by atoms with E-state index in [2.05, 4.69) is 15.4 Å². The summed E-state index contributed by atoms with van der Waals surface area (Å²) in [5, 5.41) is 20.1. The molecule has 72 valence electrons. The quantitative estimate of drug-likeness (QED) is 0.707. The van der Waals surface area contributed by atoms with Gasteiger partial charge >= 0.3 is 5.97 Å². The largest absolute Gasteiger partial charge is 0.481 e. The number of carboxylic acid groups (broad SMARTS) is 1. The number of rotatable bonds is 3. The molecule has 0 saturated heterocycles. The molecule has 0 aliphatic carbocycles. The maximum atomic E-state index is 10.7. The van der Waals surface area contributed by atoms with Gasteiger partial charge in [0.15, 0.2) is 5.82 Å². The van der Waals surface area contributed by atoms with Crippen LogP contribution in [0, 0.1) is 5.41 Å². The molecule has 6 nitrogen and oxygen atoms in total. The van der Waals surface area contributed by atoms with Gasteiger partial charge in [-0.15, -0.1) is 10.2 Å². The molecule has 0 aliphatic rings. The lowest BCUT2D eigenvalue weighted by Crippen LogP contribution is -2.26. The van der Waals surface area contributed by atoms with E-state index in [-0.39, 0.29) is 6.42 Å². The van der Waals surface area contributed by atoms with Crippen molar-refractivity contribution in [3.8, 4) is 0 Å². The van der Waals surface area contributed by atoms with Crippen molar-refractivity contribution in [1.82, 2.24) is 20.2 Å². The minimum absolute atomic E-state index is 0.288. The Labute approximate surface area is 75.6 Å². The fourth-order valence-electron chi connectivity index (χ4n) is 0.865. The highest BCUT2D eigenvalue weighted by atomic mass is 16.4. The highest BCUT2D eigenvalue weighted by Gasteiger charge is 2.29. The minimum atomic E-state index is -0.861. The average Bonchev–Trinajstić information content (AvgIpc) is 2.34. The highest BCUT2D eigenvalue weighted by Crippen LogP contribution is 2.19. The van der Waals surface area contributed by atoms with Crippen LogP contribution in [0.25, 0.3) is 0 Å². The maximum Gasteiger partial charge on any atom is 0.309 e. The zero-order valence-electron chi connectivity index (χ0n) is 7.85. The molecule has 0 fully saturated rings. The number of hydrogen-bond acceptors (Lipinski definition) is 4. The first-order chi connectivity index (χ1) is 5.92. The van der Waals surface area contributed by atoms with E-state index in [1.165, 1.54) is 4.80 Å². The molecule has 1 rings (SSSR count). The molecule has 13 heavy (non-hydrogen) atoms. The summed E-state index contributed by atoms with van der Waals surface area (Å²) in [6.07, 6.45) is 0.288. The van der Waals surface area contributed by atoms with Crippen molar-refractivity contribution in [2.24, 2.45) is 12.5 Å². The fourth-order valence-corrected chi connectivity index (χ4v) is 0.865. The summed E-state index contributed by atoms with van der Waals surface area (Å²) in [5.74, 6) is -0.408. The summed E-state index contributed by atoms with van der Waals surface area (Å²) < 4.78 is 0. The smallest absolute Gasteiger partial charge is 0.309 e. The van der Waals surface area contributed by atoms with E-state index in [1.54, 1.807) is 20.9 Å². The second kappa shape index (κ2) is 3.12. The molecule has 1 N–H and O–H groups in total. The molecular weight excluding hydrogens is 172 g/mol. The number of hydrogen-bond donors (Lipinski definition) is 1. The molecular formula is C7H12N4O2. The summed E-state index contributed by atoms with van der Waals surface area (Å²) in [5.41, 5.74) is -0.844. The zero-order chi connectivity index (χ0) is 10.1. The lowest BCUT2D eigenvalue weighted by molar-refractivity contribution is -0.146. The molecule has 0 amide bonds. The van der Waals surface area contributed by atoms with Crippen LogP contribution in [0.15, 0.2) is 0 Å². The Balaban J connectivity index is 2.74. The van der Waals surface area contributed by atoms with E-state index in [0.717, 1.165) is 0 Å². The molecule has 0 spiro atoms. The summed E-state index contributed by atoms with van der Waals surface area (Å²) in [4.78, 5) is 12.1. The van der Waals surface area contributed by atoms with Crippen molar-refractivity contribution in [1.29, 1.82) is 0 Å². The second-order valence-electron chi connectivity index (χ2n) is 3.56. The third-order valence-electron chi connectivity index (χ3n) is 1.73. The van der Waals surface area contributed by atoms with Gasteiger partial charge in [0, 0.05) is 6.42 Å². The van der Waals surface area contributed by atoms with Gasteiger partial charge in [-0.3, -0.25) is 4.79 Å². The van der Waals surface area contributed by atoms with Gasteiger partial charge in [-0.25, -0.2) is 0 Å². The zero-order valence-corrected chi connectivity index (χ0v) is 7.85. The molecule has 6 heteroatoms. The number of carbonyl (C=O) groups is 1. The number of carboxylic acids is 1. The third-order valence-corrected chi connectivity index (χ3v) is 1.73. The first-order valence-corrected chi connectivity index (χ1v) is 3.88. The standard InChI is InChI=1S/C7H12N4O2/c1-7(2,6(12)13)4-5-8-10-11(3)9-5/h4H2,1-3H3,(H,12,13). The molecule has 0 saturated carbocycles. The predicted octanol–water partition coefficient (Wildman–Crippen LogP) is -0.137. The third kappa shape index (κ3) is 2.24. The topological polar surface area (TPSA) is 80.9 Å². The molecule has 1 heterocycles. The first-order valence-electron chi connectivity index (χ1n) is 3.88. The maximum absolute atomic E-state index is 10.7. The number of tetrazole rings is 1. The van der Waals surface area contributed by atoms with E-state index < -0.39 is 11.4 Å². The Morgan fingerprint density at radius 3 is 2.62 bits per heavy atom. The summed E-state index contributed by atoms with van der Waals surface area (Å²) >= 11 is 0. The Morgan fingerprint density at radius 2 is 2.23 bits per heavy atom. The van der Waals surface area contributed by atoms with Crippen LogP contribution in [0.3, 0.4) is 0 Å². The van der Waals surface area contributed by atoms with E-state index in [1.807, 2.05) is 0 Å². The van der Waals surface area contributed by atoms with Crippen LogP contribution in [0.5, 0.6) is 0 Å². The van der Waals surface area contributed by atoms with Crippen LogP contribution in [0.4, 0.5) is 0 Å². The van der Waals surface area contributed by atoms with Gasteiger partial charge in [0.2, 0.25) is 0 Å². The molecule has 0 aromatic carbocycles. The molecule has 0 bridgehead atoms. The Morgan fingerprint density at radius 1 is 1.62 bits per heavy atom. The van der Waals surface area contributed by atoms with Crippen molar-refractivity contribution >= 4 is 5.97 Å². The lowest BCUT2D eigenvalue weighted by atomic mass is 9.89. The second-order valence-corrected chi connectivity index (χ2v) is 3.56. The molecule has 0 radical (unpaired) electrons.